The highest BCUT2D eigenvalue weighted by atomic mass is 16.3. The summed E-state index contributed by atoms with van der Waals surface area (Å²) in [6, 6.07) is 16.0. The Balaban J connectivity index is 1.88. The summed E-state index contributed by atoms with van der Waals surface area (Å²) in [5, 5.41) is 12.6. The Morgan fingerprint density at radius 2 is 1.86 bits per heavy atom. The number of benzene rings is 2. The van der Waals surface area contributed by atoms with Crippen molar-refractivity contribution in [1.82, 2.24) is 9.80 Å². The maximum absolute atomic E-state index is 13.2. The molecule has 148 valence electrons. The van der Waals surface area contributed by atoms with E-state index >= 15 is 0 Å². The minimum Gasteiger partial charge on any atom is -0.503 e. The molecule has 1 unspecified atom stereocenters. The van der Waals surface area contributed by atoms with E-state index in [-0.39, 0.29) is 11.3 Å². The summed E-state index contributed by atoms with van der Waals surface area (Å²) in [7, 11) is 3.82. The number of amides is 1. The molecule has 0 radical (unpaired) electrons. The highest BCUT2D eigenvalue weighted by molar-refractivity contribution is 6.15. The van der Waals surface area contributed by atoms with Gasteiger partial charge in [-0.2, -0.15) is 0 Å². The molecule has 2 aromatic carbocycles. The van der Waals surface area contributed by atoms with Crippen LogP contribution in [-0.2, 0) is 4.79 Å². The fourth-order valence-electron chi connectivity index (χ4n) is 3.78. The minimum absolute atomic E-state index is 0.0556. The number of carbonyl (C=O) groups excluding carboxylic acids is 2. The Kier molecular flexibility index (Phi) is 4.94. The first kappa shape index (κ1) is 19.0. The number of ketones is 1. The number of fused-ring (bicyclic) bond motifs is 1. The van der Waals surface area contributed by atoms with Crippen LogP contribution < -0.4 is 0 Å². The van der Waals surface area contributed by atoms with Crippen molar-refractivity contribution in [3.05, 3.63) is 83.5 Å². The molecule has 1 aliphatic rings. The number of likely N-dealkylation sites (N-methyl/N-ethyl adjacent to an activating group) is 1. The predicted octanol–water partition coefficient (Wildman–Crippen LogP) is 3.57. The topological polar surface area (TPSA) is 74.0 Å². The highest BCUT2D eigenvalue weighted by Crippen LogP contribution is 2.41. The normalized spacial score (nSPS) is 17.0. The molecule has 0 bridgehead atoms. The molecular formula is C23H22N2O4. The summed E-state index contributed by atoms with van der Waals surface area (Å²) in [5.41, 5.74) is 0.856. The van der Waals surface area contributed by atoms with E-state index in [1.165, 1.54) is 12.3 Å². The molecular weight excluding hydrogens is 368 g/mol. The molecule has 1 amide bonds. The number of rotatable bonds is 6. The van der Waals surface area contributed by atoms with Gasteiger partial charge in [-0.25, -0.2) is 0 Å². The molecule has 2 heterocycles. The van der Waals surface area contributed by atoms with E-state index in [1.807, 2.05) is 61.5 Å². The molecule has 6 nitrogen and oxygen atoms in total. The first-order chi connectivity index (χ1) is 14.0. The Hall–Kier alpha value is -3.38. The van der Waals surface area contributed by atoms with Crippen LogP contribution in [0.3, 0.4) is 0 Å². The average molecular weight is 390 g/mol. The van der Waals surface area contributed by atoms with Crippen molar-refractivity contribution in [2.45, 2.75) is 6.04 Å². The summed E-state index contributed by atoms with van der Waals surface area (Å²) in [6.07, 6.45) is 1.40. The molecule has 6 heteroatoms. The lowest BCUT2D eigenvalue weighted by atomic mass is 9.91. The van der Waals surface area contributed by atoms with Crippen LogP contribution in [-0.4, -0.2) is 53.8 Å². The predicted molar refractivity (Wildman–Crippen MR) is 110 cm³/mol. The van der Waals surface area contributed by atoms with Crippen molar-refractivity contribution in [3.63, 3.8) is 0 Å². The smallest absolute Gasteiger partial charge is 0.290 e. The van der Waals surface area contributed by atoms with Crippen molar-refractivity contribution in [3.8, 4) is 0 Å². The number of aliphatic hydroxyl groups excluding tert-OH is 1. The molecule has 1 N–H and O–H groups in total. The van der Waals surface area contributed by atoms with Gasteiger partial charge in [0.15, 0.2) is 11.5 Å². The lowest BCUT2D eigenvalue weighted by Gasteiger charge is -2.28. The van der Waals surface area contributed by atoms with E-state index in [4.69, 9.17) is 4.42 Å². The van der Waals surface area contributed by atoms with Gasteiger partial charge >= 0.3 is 0 Å². The second-order valence-corrected chi connectivity index (χ2v) is 7.34. The van der Waals surface area contributed by atoms with Crippen LogP contribution >= 0.6 is 0 Å². The molecule has 1 atom stereocenters. The molecule has 1 aromatic heterocycles. The first-order valence-electron chi connectivity index (χ1n) is 9.43. The zero-order valence-corrected chi connectivity index (χ0v) is 16.3. The first-order valence-corrected chi connectivity index (χ1v) is 9.43. The van der Waals surface area contributed by atoms with Gasteiger partial charge in [0.05, 0.1) is 17.9 Å². The van der Waals surface area contributed by atoms with Crippen molar-refractivity contribution in [2.24, 2.45) is 0 Å². The molecule has 0 fully saturated rings. The second-order valence-electron chi connectivity index (χ2n) is 7.34. The maximum Gasteiger partial charge on any atom is 0.290 e. The Labute approximate surface area is 168 Å². The lowest BCUT2D eigenvalue weighted by Crippen LogP contribution is -2.36. The van der Waals surface area contributed by atoms with Crippen LogP contribution in [0.25, 0.3) is 10.8 Å². The van der Waals surface area contributed by atoms with Crippen LogP contribution in [0.4, 0.5) is 0 Å². The van der Waals surface area contributed by atoms with E-state index in [0.717, 1.165) is 16.3 Å². The van der Waals surface area contributed by atoms with Gasteiger partial charge in [0, 0.05) is 13.1 Å². The number of nitrogens with zero attached hydrogens (tertiary/aromatic N) is 2. The molecule has 29 heavy (non-hydrogen) atoms. The molecule has 0 saturated heterocycles. The van der Waals surface area contributed by atoms with E-state index in [0.29, 0.717) is 13.1 Å². The molecule has 3 aromatic rings. The van der Waals surface area contributed by atoms with Gasteiger partial charge in [-0.05, 0) is 42.6 Å². The molecule has 0 spiro atoms. The number of hydrogen-bond acceptors (Lipinski definition) is 5. The zero-order chi connectivity index (χ0) is 20.5. The summed E-state index contributed by atoms with van der Waals surface area (Å²) in [6.45, 7) is 0.973. The summed E-state index contributed by atoms with van der Waals surface area (Å²) in [5.74, 6) is -1.44. The Morgan fingerprint density at radius 3 is 2.59 bits per heavy atom. The standard InChI is InChI=1S/C23H22N2O4/c1-24(2)12-13-25-20(17-10-5-8-15-7-3-4-9-16(15)17)19(22(27)23(25)28)21(26)18-11-6-14-29-18/h3-11,14,20,27H,12-13H2,1-2H3. The van der Waals surface area contributed by atoms with Crippen LogP contribution in [0.5, 0.6) is 0 Å². The molecule has 1 aliphatic heterocycles. The van der Waals surface area contributed by atoms with Gasteiger partial charge < -0.3 is 19.3 Å². The zero-order valence-electron chi connectivity index (χ0n) is 16.3. The van der Waals surface area contributed by atoms with Crippen LogP contribution in [0.2, 0.25) is 0 Å². The third kappa shape index (κ3) is 3.32. The SMILES string of the molecule is CN(C)CCN1C(=O)C(O)=C(C(=O)c2ccco2)C1c1cccc2ccccc12. The Morgan fingerprint density at radius 1 is 1.10 bits per heavy atom. The van der Waals surface area contributed by atoms with Gasteiger partial charge in [-0.1, -0.05) is 42.5 Å². The number of hydrogen-bond donors (Lipinski definition) is 1. The molecule has 4 rings (SSSR count). The van der Waals surface area contributed by atoms with Crippen molar-refractivity contribution < 1.29 is 19.1 Å². The quantitative estimate of drug-likeness (QED) is 0.652. The van der Waals surface area contributed by atoms with Gasteiger partial charge in [0.25, 0.3) is 5.91 Å². The highest BCUT2D eigenvalue weighted by Gasteiger charge is 2.44. The van der Waals surface area contributed by atoms with Gasteiger partial charge in [0.1, 0.15) is 0 Å². The largest absolute Gasteiger partial charge is 0.503 e. The van der Waals surface area contributed by atoms with Crippen molar-refractivity contribution in [2.75, 3.05) is 27.2 Å². The van der Waals surface area contributed by atoms with Crippen LogP contribution in [0, 0.1) is 0 Å². The van der Waals surface area contributed by atoms with Gasteiger partial charge in [-0.3, -0.25) is 9.59 Å². The van der Waals surface area contributed by atoms with E-state index in [1.54, 1.807) is 11.0 Å². The van der Waals surface area contributed by atoms with Crippen molar-refractivity contribution in [1.29, 1.82) is 0 Å². The third-order valence-corrected chi connectivity index (χ3v) is 5.20. The molecule has 0 aliphatic carbocycles. The monoisotopic (exact) mass is 390 g/mol. The van der Waals surface area contributed by atoms with Gasteiger partial charge in [0.2, 0.25) is 5.78 Å². The average Bonchev–Trinajstić information content (AvgIpc) is 3.33. The number of Topliss-reactive ketones (excluding diaryl/α,β-unsaturated/α-hetero) is 1. The fourth-order valence-corrected chi connectivity index (χ4v) is 3.78. The van der Waals surface area contributed by atoms with Crippen LogP contribution in [0.1, 0.15) is 22.2 Å². The van der Waals surface area contributed by atoms with Crippen LogP contribution in [0.15, 0.2) is 76.6 Å². The second kappa shape index (κ2) is 7.56. The molecule has 0 saturated carbocycles. The number of furan rings is 1. The summed E-state index contributed by atoms with van der Waals surface area (Å²) in [4.78, 5) is 29.6. The fraction of sp³-hybridized carbons (Fsp3) is 0.217. The number of aliphatic hydroxyl groups is 1. The summed E-state index contributed by atoms with van der Waals surface area (Å²) >= 11 is 0. The van der Waals surface area contributed by atoms with E-state index in [2.05, 4.69) is 0 Å². The van der Waals surface area contributed by atoms with E-state index in [9.17, 15) is 14.7 Å². The van der Waals surface area contributed by atoms with E-state index < -0.39 is 23.5 Å². The minimum atomic E-state index is -0.689. The third-order valence-electron chi connectivity index (χ3n) is 5.20. The summed E-state index contributed by atoms with van der Waals surface area (Å²) < 4.78 is 5.26. The maximum atomic E-state index is 13.2. The number of carbonyl (C=O) groups is 2. The van der Waals surface area contributed by atoms with Gasteiger partial charge in [-0.15, -0.1) is 0 Å². The lowest BCUT2D eigenvalue weighted by molar-refractivity contribution is -0.129. The van der Waals surface area contributed by atoms with Crippen molar-refractivity contribution >= 4 is 22.5 Å². The Bertz CT molecular complexity index is 1090.